The topological polar surface area (TPSA) is 39.1 Å². The number of ketones is 2. The predicted octanol–water partition coefficient (Wildman–Crippen LogP) is 1.58. The molecule has 0 aliphatic heterocycles. The fraction of sp³-hybridized carbons (Fsp3) is 0.400. The van der Waals surface area contributed by atoms with Crippen molar-refractivity contribution in [3.8, 4) is 0 Å². The summed E-state index contributed by atoms with van der Waals surface area (Å²) in [6.07, 6.45) is 4.33. The highest BCUT2D eigenvalue weighted by molar-refractivity contribution is 6.36. The van der Waals surface area contributed by atoms with Gasteiger partial charge in [0.05, 0.1) is 0 Å². The third-order valence-corrected chi connectivity index (χ3v) is 1.47. The van der Waals surface area contributed by atoms with E-state index < -0.39 is 0 Å². The minimum Gasteiger partial charge on any atom is -0.357 e. The van der Waals surface area contributed by atoms with Crippen molar-refractivity contribution in [3.63, 3.8) is 0 Å². The predicted molar refractivity (Wildman–Crippen MR) is 51.4 cm³/mol. The van der Waals surface area contributed by atoms with Gasteiger partial charge in [-0.05, 0) is 12.1 Å². The van der Waals surface area contributed by atoms with Crippen LogP contribution in [0.3, 0.4) is 0 Å². The summed E-state index contributed by atoms with van der Waals surface area (Å²) in [5, 5.41) is 0. The lowest BCUT2D eigenvalue weighted by Gasteiger charge is -1.81. The molecular weight excluding hydrogens is 166 g/mol. The van der Waals surface area contributed by atoms with Crippen LogP contribution in [0, 0.1) is 0 Å². The standard InChI is InChI=1S/C5H7N.C5H8O2/c1-6-4-2-3-5-6;1-3-5(7)4(2)6/h2-5H,1H3;3H2,1-2H3. The van der Waals surface area contributed by atoms with Gasteiger partial charge in [0.15, 0.2) is 11.6 Å². The van der Waals surface area contributed by atoms with Gasteiger partial charge < -0.3 is 4.57 Å². The molecule has 0 fully saturated rings. The van der Waals surface area contributed by atoms with Gasteiger partial charge in [0.25, 0.3) is 0 Å². The Morgan fingerprint density at radius 2 is 1.69 bits per heavy atom. The zero-order valence-corrected chi connectivity index (χ0v) is 8.28. The number of carbonyl (C=O) groups is 2. The zero-order valence-electron chi connectivity index (χ0n) is 8.28. The maximum atomic E-state index is 10.2. The van der Waals surface area contributed by atoms with Crippen molar-refractivity contribution in [3.05, 3.63) is 24.5 Å². The highest BCUT2D eigenvalue weighted by Crippen LogP contribution is 1.80. The Labute approximate surface area is 78.4 Å². The lowest BCUT2D eigenvalue weighted by atomic mass is 10.2. The Morgan fingerprint density at radius 1 is 1.23 bits per heavy atom. The van der Waals surface area contributed by atoms with Crippen LogP contribution in [0.2, 0.25) is 0 Å². The summed E-state index contributed by atoms with van der Waals surface area (Å²) in [5.74, 6) is -0.637. The molecule has 0 amide bonds. The second-order valence-electron chi connectivity index (χ2n) is 2.68. The van der Waals surface area contributed by atoms with E-state index in [0.717, 1.165) is 0 Å². The largest absolute Gasteiger partial charge is 0.357 e. The maximum absolute atomic E-state index is 10.2. The number of nitrogens with zero attached hydrogens (tertiary/aromatic N) is 1. The first-order valence-electron chi connectivity index (χ1n) is 4.18. The monoisotopic (exact) mass is 181 g/mol. The molecule has 72 valence electrons. The van der Waals surface area contributed by atoms with Gasteiger partial charge in [-0.1, -0.05) is 6.92 Å². The van der Waals surface area contributed by atoms with Gasteiger partial charge in [-0.3, -0.25) is 9.59 Å². The first-order valence-corrected chi connectivity index (χ1v) is 4.18. The molecule has 0 aromatic carbocycles. The Bertz CT molecular complexity index is 262. The Kier molecular flexibility index (Phi) is 5.52. The average Bonchev–Trinajstić information content (AvgIpc) is 2.55. The first-order chi connectivity index (χ1) is 6.07. The van der Waals surface area contributed by atoms with E-state index in [9.17, 15) is 9.59 Å². The molecule has 0 N–H and O–H groups in total. The molecule has 0 saturated carbocycles. The van der Waals surface area contributed by atoms with Gasteiger partial charge in [-0.15, -0.1) is 0 Å². The maximum Gasteiger partial charge on any atom is 0.197 e. The summed E-state index contributed by atoms with van der Waals surface area (Å²) >= 11 is 0. The fourth-order valence-electron chi connectivity index (χ4n) is 0.670. The van der Waals surface area contributed by atoms with Gasteiger partial charge in [0.2, 0.25) is 0 Å². The van der Waals surface area contributed by atoms with Crippen LogP contribution in [0.4, 0.5) is 0 Å². The van der Waals surface area contributed by atoms with Crippen molar-refractivity contribution in [2.45, 2.75) is 20.3 Å². The molecule has 0 atom stereocenters. The van der Waals surface area contributed by atoms with Crippen molar-refractivity contribution < 1.29 is 9.59 Å². The van der Waals surface area contributed by atoms with Crippen molar-refractivity contribution >= 4 is 11.6 Å². The molecule has 1 heterocycles. The van der Waals surface area contributed by atoms with Gasteiger partial charge in [-0.25, -0.2) is 0 Å². The summed E-state index contributed by atoms with van der Waals surface area (Å²) < 4.78 is 2.00. The molecule has 0 bridgehead atoms. The minimum absolute atomic E-state index is 0.292. The number of Topliss-reactive ketones (excluding diaryl/α,β-unsaturated/α-hetero) is 2. The fourth-order valence-corrected chi connectivity index (χ4v) is 0.670. The summed E-state index contributed by atoms with van der Waals surface area (Å²) in [7, 11) is 2.00. The Balaban J connectivity index is 0.000000223. The lowest BCUT2D eigenvalue weighted by Crippen LogP contribution is -2.06. The molecule has 0 aliphatic rings. The Morgan fingerprint density at radius 3 is 1.77 bits per heavy atom. The van der Waals surface area contributed by atoms with Crippen molar-refractivity contribution in [1.29, 1.82) is 0 Å². The van der Waals surface area contributed by atoms with Crippen LogP contribution < -0.4 is 0 Å². The van der Waals surface area contributed by atoms with Crippen LogP contribution in [0.15, 0.2) is 24.5 Å². The van der Waals surface area contributed by atoms with E-state index in [0.29, 0.717) is 6.42 Å². The number of carbonyl (C=O) groups excluding carboxylic acids is 2. The van der Waals surface area contributed by atoms with Gasteiger partial charge in [0.1, 0.15) is 0 Å². The van der Waals surface area contributed by atoms with Crippen LogP contribution in [0.1, 0.15) is 20.3 Å². The third kappa shape index (κ3) is 5.84. The molecule has 0 radical (unpaired) electrons. The van der Waals surface area contributed by atoms with Crippen molar-refractivity contribution in [2.24, 2.45) is 7.05 Å². The second-order valence-corrected chi connectivity index (χ2v) is 2.68. The number of hydrogen-bond donors (Lipinski definition) is 0. The average molecular weight is 181 g/mol. The molecule has 3 nitrogen and oxygen atoms in total. The van der Waals surface area contributed by atoms with Crippen LogP contribution in [0.25, 0.3) is 0 Å². The molecular formula is C10H15NO2. The molecule has 1 aromatic heterocycles. The number of aromatic nitrogens is 1. The van der Waals surface area contributed by atoms with Gasteiger partial charge in [0, 0.05) is 32.8 Å². The Hall–Kier alpha value is -1.38. The van der Waals surface area contributed by atoms with Crippen LogP contribution >= 0.6 is 0 Å². The summed E-state index contributed by atoms with van der Waals surface area (Å²) in [6, 6.07) is 4.00. The van der Waals surface area contributed by atoms with E-state index in [1.165, 1.54) is 6.92 Å². The molecule has 13 heavy (non-hydrogen) atoms. The molecule has 0 saturated heterocycles. The SMILES string of the molecule is CCC(=O)C(C)=O.Cn1cccc1. The summed E-state index contributed by atoms with van der Waals surface area (Å²) in [5.41, 5.74) is 0. The van der Waals surface area contributed by atoms with E-state index in [4.69, 9.17) is 0 Å². The van der Waals surface area contributed by atoms with Crippen LogP contribution in [0.5, 0.6) is 0 Å². The molecule has 0 spiro atoms. The van der Waals surface area contributed by atoms with Crippen molar-refractivity contribution in [1.82, 2.24) is 4.57 Å². The number of aryl methyl sites for hydroxylation is 1. The van der Waals surface area contributed by atoms with E-state index in [1.807, 2.05) is 36.1 Å². The quantitative estimate of drug-likeness (QED) is 0.650. The number of rotatable bonds is 2. The highest BCUT2D eigenvalue weighted by atomic mass is 16.2. The van der Waals surface area contributed by atoms with E-state index in [-0.39, 0.29) is 11.6 Å². The molecule has 0 aliphatic carbocycles. The number of hydrogen-bond acceptors (Lipinski definition) is 2. The molecule has 1 aromatic rings. The van der Waals surface area contributed by atoms with E-state index in [1.54, 1.807) is 6.92 Å². The molecule has 0 unspecified atom stereocenters. The van der Waals surface area contributed by atoms with Crippen LogP contribution in [-0.4, -0.2) is 16.1 Å². The normalized spacial score (nSPS) is 8.54. The smallest absolute Gasteiger partial charge is 0.197 e. The van der Waals surface area contributed by atoms with Crippen LogP contribution in [-0.2, 0) is 16.6 Å². The van der Waals surface area contributed by atoms with Crippen molar-refractivity contribution in [2.75, 3.05) is 0 Å². The van der Waals surface area contributed by atoms with E-state index in [2.05, 4.69) is 0 Å². The second kappa shape index (κ2) is 6.17. The summed E-state index contributed by atoms with van der Waals surface area (Å²) in [4.78, 5) is 20.2. The van der Waals surface area contributed by atoms with Gasteiger partial charge >= 0.3 is 0 Å². The summed E-state index contributed by atoms with van der Waals surface area (Å²) in [6.45, 7) is 2.95. The minimum atomic E-state index is -0.345. The molecule has 3 heteroatoms. The van der Waals surface area contributed by atoms with Gasteiger partial charge in [-0.2, -0.15) is 0 Å². The third-order valence-electron chi connectivity index (χ3n) is 1.47. The zero-order chi connectivity index (χ0) is 10.3. The first kappa shape index (κ1) is 11.6. The lowest BCUT2D eigenvalue weighted by molar-refractivity contribution is -0.135. The molecule has 1 rings (SSSR count). The van der Waals surface area contributed by atoms with E-state index >= 15 is 0 Å². The highest BCUT2D eigenvalue weighted by Gasteiger charge is 2.00.